The van der Waals surface area contributed by atoms with Crippen LogP contribution in [0.15, 0.2) is 42.5 Å². The molecule has 1 aliphatic carbocycles. The molecule has 124 valence electrons. The van der Waals surface area contributed by atoms with Crippen LogP contribution in [0.4, 0.5) is 0 Å². The van der Waals surface area contributed by atoms with Gasteiger partial charge in [0.05, 0.1) is 0 Å². The zero-order chi connectivity index (χ0) is 16.4. The fourth-order valence-electron chi connectivity index (χ4n) is 2.67. The minimum absolute atomic E-state index is 0. The highest BCUT2D eigenvalue weighted by Gasteiger charge is 2.30. The Balaban J connectivity index is 0.00000208. The Morgan fingerprint density at radius 3 is 2.21 bits per heavy atom. The van der Waals surface area contributed by atoms with Gasteiger partial charge in [0.2, 0.25) is 11.6 Å². The van der Waals surface area contributed by atoms with Gasteiger partial charge in [0, 0.05) is 23.2 Å². The third kappa shape index (κ3) is 3.09. The van der Waals surface area contributed by atoms with Gasteiger partial charge in [0.25, 0.3) is 5.91 Å². The second kappa shape index (κ2) is 7.38. The van der Waals surface area contributed by atoms with Crippen molar-refractivity contribution in [1.82, 2.24) is 5.32 Å². The van der Waals surface area contributed by atoms with Crippen LogP contribution in [0.3, 0.4) is 0 Å². The van der Waals surface area contributed by atoms with E-state index in [0.29, 0.717) is 47.3 Å². The summed E-state index contributed by atoms with van der Waals surface area (Å²) < 4.78 is 0. The average Bonchev–Trinajstić information content (AvgIpc) is 2.59. The van der Waals surface area contributed by atoms with Gasteiger partial charge < -0.3 is 11.1 Å². The molecule has 6 heteroatoms. The fourth-order valence-corrected chi connectivity index (χ4v) is 2.67. The van der Waals surface area contributed by atoms with E-state index >= 15 is 0 Å². The minimum atomic E-state index is -0.534. The highest BCUT2D eigenvalue weighted by molar-refractivity contribution is 6.53. The van der Waals surface area contributed by atoms with Gasteiger partial charge in [-0.1, -0.05) is 24.3 Å². The van der Waals surface area contributed by atoms with Crippen LogP contribution in [0.25, 0.3) is 11.1 Å². The maximum absolute atomic E-state index is 12.2. The summed E-state index contributed by atoms with van der Waals surface area (Å²) in [5.41, 5.74) is 7.89. The van der Waals surface area contributed by atoms with Gasteiger partial charge in [-0.05, 0) is 42.3 Å². The van der Waals surface area contributed by atoms with E-state index in [1.807, 2.05) is 0 Å². The number of nitrogens with one attached hydrogen (secondary N) is 1. The van der Waals surface area contributed by atoms with Crippen molar-refractivity contribution < 1.29 is 14.4 Å². The molecule has 0 saturated carbocycles. The van der Waals surface area contributed by atoms with Crippen LogP contribution in [-0.4, -0.2) is 30.6 Å². The van der Waals surface area contributed by atoms with Gasteiger partial charge in [-0.25, -0.2) is 0 Å². The number of Topliss-reactive ketones (excluding diaryl/α,β-unsaturated/α-hetero) is 2. The summed E-state index contributed by atoms with van der Waals surface area (Å²) in [5.74, 6) is -1.26. The van der Waals surface area contributed by atoms with E-state index in [4.69, 9.17) is 5.73 Å². The maximum Gasteiger partial charge on any atom is 0.251 e. The molecule has 0 aromatic heterocycles. The van der Waals surface area contributed by atoms with Gasteiger partial charge in [-0.2, -0.15) is 0 Å². The van der Waals surface area contributed by atoms with E-state index in [1.54, 1.807) is 42.5 Å². The molecule has 1 amide bonds. The summed E-state index contributed by atoms with van der Waals surface area (Å²) in [6, 6.07) is 11.7. The van der Waals surface area contributed by atoms with Crippen molar-refractivity contribution in [1.29, 1.82) is 0 Å². The molecule has 2 aromatic rings. The number of fused-ring (bicyclic) bond motifs is 3. The molecule has 0 heterocycles. The molecule has 0 aliphatic heterocycles. The Morgan fingerprint density at radius 2 is 1.54 bits per heavy atom. The maximum atomic E-state index is 12.2. The molecule has 0 atom stereocenters. The zero-order valence-corrected chi connectivity index (χ0v) is 13.7. The first kappa shape index (κ1) is 17.8. The van der Waals surface area contributed by atoms with Crippen molar-refractivity contribution in [2.45, 2.75) is 6.42 Å². The molecule has 0 bridgehead atoms. The number of carbonyl (C=O) groups is 3. The molecule has 0 unspecified atom stereocenters. The number of rotatable bonds is 4. The lowest BCUT2D eigenvalue weighted by atomic mass is 9.83. The molecule has 3 rings (SSSR count). The van der Waals surface area contributed by atoms with E-state index in [-0.39, 0.29) is 18.3 Å². The van der Waals surface area contributed by atoms with Gasteiger partial charge in [-0.15, -0.1) is 12.4 Å². The molecule has 3 N–H and O–H groups in total. The van der Waals surface area contributed by atoms with E-state index in [1.165, 1.54) is 0 Å². The lowest BCUT2D eigenvalue weighted by Crippen LogP contribution is -2.27. The lowest BCUT2D eigenvalue weighted by Gasteiger charge is -2.18. The Hall–Kier alpha value is -2.50. The van der Waals surface area contributed by atoms with Gasteiger partial charge in [0.1, 0.15) is 0 Å². The van der Waals surface area contributed by atoms with Crippen LogP contribution >= 0.6 is 12.4 Å². The second-order valence-corrected chi connectivity index (χ2v) is 5.36. The van der Waals surface area contributed by atoms with Crippen LogP contribution in [0, 0.1) is 0 Å². The van der Waals surface area contributed by atoms with E-state index in [2.05, 4.69) is 5.32 Å². The summed E-state index contributed by atoms with van der Waals surface area (Å²) >= 11 is 0. The molecular weight excluding hydrogens is 328 g/mol. The number of ketones is 2. The van der Waals surface area contributed by atoms with Crippen LogP contribution < -0.4 is 11.1 Å². The Kier molecular flexibility index (Phi) is 5.49. The first-order valence-corrected chi connectivity index (χ1v) is 7.44. The lowest BCUT2D eigenvalue weighted by molar-refractivity contribution is 0.0815. The van der Waals surface area contributed by atoms with Crippen LogP contribution in [-0.2, 0) is 0 Å². The third-order valence-corrected chi connectivity index (χ3v) is 3.86. The molecule has 0 saturated heterocycles. The number of nitrogens with two attached hydrogens (primary N) is 1. The quantitative estimate of drug-likeness (QED) is 0.657. The monoisotopic (exact) mass is 344 g/mol. The molecule has 2 aromatic carbocycles. The first-order valence-electron chi connectivity index (χ1n) is 7.44. The van der Waals surface area contributed by atoms with Gasteiger partial charge >= 0.3 is 0 Å². The highest BCUT2D eigenvalue weighted by atomic mass is 35.5. The first-order chi connectivity index (χ1) is 11.1. The van der Waals surface area contributed by atoms with E-state index in [9.17, 15) is 14.4 Å². The largest absolute Gasteiger partial charge is 0.352 e. The number of hydrogen-bond donors (Lipinski definition) is 2. The van der Waals surface area contributed by atoms with E-state index in [0.717, 1.165) is 0 Å². The molecule has 5 nitrogen and oxygen atoms in total. The molecular formula is C18H17ClN2O3. The van der Waals surface area contributed by atoms with Crippen molar-refractivity contribution >= 4 is 29.9 Å². The number of benzene rings is 2. The summed E-state index contributed by atoms with van der Waals surface area (Å²) in [6.07, 6.45) is 0.701. The number of hydrogen-bond acceptors (Lipinski definition) is 4. The van der Waals surface area contributed by atoms with Crippen molar-refractivity contribution in [3.05, 3.63) is 59.2 Å². The fraction of sp³-hybridized carbons (Fsp3) is 0.167. The minimum Gasteiger partial charge on any atom is -0.352 e. The predicted octanol–water partition coefficient (Wildman–Crippen LogP) is 2.23. The topological polar surface area (TPSA) is 89.3 Å². The smallest absolute Gasteiger partial charge is 0.251 e. The normalized spacial score (nSPS) is 12.0. The summed E-state index contributed by atoms with van der Waals surface area (Å²) in [6.45, 7) is 1.01. The predicted molar refractivity (Wildman–Crippen MR) is 93.8 cm³/mol. The summed E-state index contributed by atoms with van der Waals surface area (Å²) in [4.78, 5) is 36.5. The average molecular weight is 345 g/mol. The Labute approximate surface area is 145 Å². The molecule has 1 aliphatic rings. The Bertz CT molecular complexity index is 818. The van der Waals surface area contributed by atoms with Crippen molar-refractivity contribution in [2.75, 3.05) is 13.1 Å². The van der Waals surface area contributed by atoms with Crippen molar-refractivity contribution in [2.24, 2.45) is 5.73 Å². The second-order valence-electron chi connectivity index (χ2n) is 5.36. The van der Waals surface area contributed by atoms with Gasteiger partial charge in [-0.3, -0.25) is 14.4 Å². The molecule has 0 spiro atoms. The van der Waals surface area contributed by atoms with Crippen molar-refractivity contribution in [3.63, 3.8) is 0 Å². The molecule has 0 fully saturated rings. The molecule has 0 radical (unpaired) electrons. The number of amides is 1. The summed E-state index contributed by atoms with van der Waals surface area (Å²) in [5, 5.41) is 2.78. The van der Waals surface area contributed by atoms with Crippen LogP contribution in [0.1, 0.15) is 37.5 Å². The van der Waals surface area contributed by atoms with Crippen LogP contribution in [0.5, 0.6) is 0 Å². The third-order valence-electron chi connectivity index (χ3n) is 3.86. The standard InChI is InChI=1S/C18H16N2O3.ClH/c19-8-3-9-20-18(23)11-6-7-14-15(10-11)12-4-1-2-5-13(12)16(21)17(14)22;/h1-2,4-7,10H,3,8-9,19H2,(H,20,23);1H. The highest BCUT2D eigenvalue weighted by Crippen LogP contribution is 2.33. The number of carbonyl (C=O) groups excluding carboxylic acids is 3. The molecule has 24 heavy (non-hydrogen) atoms. The SMILES string of the molecule is Cl.NCCCNC(=O)c1ccc2c(c1)-c1ccccc1C(=O)C2=O. The van der Waals surface area contributed by atoms with Gasteiger partial charge in [0.15, 0.2) is 0 Å². The Morgan fingerprint density at radius 1 is 0.917 bits per heavy atom. The van der Waals surface area contributed by atoms with Crippen LogP contribution in [0.2, 0.25) is 0 Å². The van der Waals surface area contributed by atoms with Crippen molar-refractivity contribution in [3.8, 4) is 11.1 Å². The summed E-state index contributed by atoms with van der Waals surface area (Å²) in [7, 11) is 0. The van der Waals surface area contributed by atoms with E-state index < -0.39 is 11.6 Å². The number of halogens is 1. The zero-order valence-electron chi connectivity index (χ0n) is 12.9.